The highest BCUT2D eigenvalue weighted by molar-refractivity contribution is 5.81. The van der Waals surface area contributed by atoms with Gasteiger partial charge in [-0.05, 0) is 64.2 Å². The first-order valence-corrected chi connectivity index (χ1v) is 9.61. The topological polar surface area (TPSA) is 78.9 Å². The van der Waals surface area contributed by atoms with Crippen molar-refractivity contribution in [2.75, 3.05) is 13.7 Å². The molecule has 0 radical (unpaired) electrons. The van der Waals surface area contributed by atoms with Gasteiger partial charge in [-0.25, -0.2) is 4.79 Å². The molecule has 2 unspecified atom stereocenters. The lowest BCUT2D eigenvalue weighted by Gasteiger charge is -2.60. The van der Waals surface area contributed by atoms with Gasteiger partial charge in [0, 0.05) is 6.42 Å². The molecule has 4 saturated carbocycles. The van der Waals surface area contributed by atoms with E-state index in [0.29, 0.717) is 24.7 Å². The molecule has 0 amide bonds. The zero-order valence-corrected chi connectivity index (χ0v) is 16.3. The third-order valence-corrected chi connectivity index (χ3v) is 6.73. The Balaban J connectivity index is 1.77. The SMILES string of the molecule is CCC(C)(C)C(=O)OC12CC3CC(C1)CC(C(=O)OCC(=O)OC)(C3)C2. The van der Waals surface area contributed by atoms with Crippen LogP contribution < -0.4 is 0 Å². The van der Waals surface area contributed by atoms with Gasteiger partial charge in [-0.2, -0.15) is 0 Å². The number of hydrogen-bond acceptors (Lipinski definition) is 6. The number of carbonyl (C=O) groups excluding carboxylic acids is 3. The van der Waals surface area contributed by atoms with Crippen LogP contribution in [0.25, 0.3) is 0 Å². The first kappa shape index (κ1) is 19.2. The predicted molar refractivity (Wildman–Crippen MR) is 93.0 cm³/mol. The summed E-state index contributed by atoms with van der Waals surface area (Å²) in [6, 6.07) is 0. The van der Waals surface area contributed by atoms with Crippen molar-refractivity contribution in [2.45, 2.75) is 71.3 Å². The minimum absolute atomic E-state index is 0.181. The average Bonchev–Trinajstić information content (AvgIpc) is 2.57. The summed E-state index contributed by atoms with van der Waals surface area (Å²) in [5, 5.41) is 0. The van der Waals surface area contributed by atoms with Gasteiger partial charge >= 0.3 is 17.9 Å². The maximum atomic E-state index is 12.8. The van der Waals surface area contributed by atoms with Gasteiger partial charge in [0.2, 0.25) is 0 Å². The van der Waals surface area contributed by atoms with Crippen molar-refractivity contribution in [1.29, 1.82) is 0 Å². The summed E-state index contributed by atoms with van der Waals surface area (Å²) in [5.41, 5.74) is -1.71. The van der Waals surface area contributed by atoms with Crippen LogP contribution in [0.15, 0.2) is 0 Å². The van der Waals surface area contributed by atoms with E-state index in [4.69, 9.17) is 9.47 Å². The van der Waals surface area contributed by atoms with Crippen LogP contribution in [0.1, 0.15) is 65.7 Å². The van der Waals surface area contributed by atoms with E-state index in [1.807, 2.05) is 20.8 Å². The Labute approximate surface area is 154 Å². The summed E-state index contributed by atoms with van der Waals surface area (Å²) in [4.78, 5) is 36.9. The zero-order valence-electron chi connectivity index (χ0n) is 16.3. The molecular formula is C20H30O6. The molecular weight excluding hydrogens is 336 g/mol. The van der Waals surface area contributed by atoms with Crippen molar-refractivity contribution >= 4 is 17.9 Å². The Morgan fingerprint density at radius 2 is 1.69 bits per heavy atom. The molecule has 0 N–H and O–H groups in total. The summed E-state index contributed by atoms with van der Waals surface area (Å²) in [6.45, 7) is 5.42. The van der Waals surface area contributed by atoms with Crippen molar-refractivity contribution < 1.29 is 28.6 Å². The minimum atomic E-state index is -0.630. The summed E-state index contributed by atoms with van der Waals surface area (Å²) < 4.78 is 15.9. The molecule has 4 bridgehead atoms. The highest BCUT2D eigenvalue weighted by Crippen LogP contribution is 2.63. The smallest absolute Gasteiger partial charge is 0.344 e. The second kappa shape index (κ2) is 6.54. The van der Waals surface area contributed by atoms with Crippen LogP contribution in [-0.2, 0) is 28.6 Å². The minimum Gasteiger partial charge on any atom is -0.466 e. The number of ether oxygens (including phenoxy) is 3. The molecule has 0 aliphatic heterocycles. The molecule has 4 rings (SSSR count). The van der Waals surface area contributed by atoms with Gasteiger partial charge in [0.25, 0.3) is 0 Å². The van der Waals surface area contributed by atoms with Crippen LogP contribution in [0, 0.1) is 22.7 Å². The fraction of sp³-hybridized carbons (Fsp3) is 0.850. The Kier molecular flexibility index (Phi) is 4.82. The summed E-state index contributed by atoms with van der Waals surface area (Å²) >= 11 is 0. The fourth-order valence-corrected chi connectivity index (χ4v) is 5.35. The number of carbonyl (C=O) groups is 3. The van der Waals surface area contributed by atoms with Crippen molar-refractivity contribution in [3.05, 3.63) is 0 Å². The standard InChI is InChI=1S/C20H30O6/c1-5-18(2,3)16(22)26-20-9-13-6-14(10-20)8-19(7-13,12-20)17(23)25-11-15(21)24-4/h13-14H,5-12H2,1-4H3. The lowest BCUT2D eigenvalue weighted by molar-refractivity contribution is -0.218. The fourth-order valence-electron chi connectivity index (χ4n) is 5.35. The van der Waals surface area contributed by atoms with Crippen LogP contribution in [0.2, 0.25) is 0 Å². The molecule has 0 spiro atoms. The molecule has 6 nitrogen and oxygen atoms in total. The quantitative estimate of drug-likeness (QED) is 0.531. The van der Waals surface area contributed by atoms with Crippen molar-refractivity contribution in [2.24, 2.45) is 22.7 Å². The highest BCUT2D eigenvalue weighted by atomic mass is 16.6. The van der Waals surface area contributed by atoms with Gasteiger partial charge in [0.1, 0.15) is 5.60 Å². The molecule has 4 aliphatic carbocycles. The molecule has 0 saturated heterocycles. The second-order valence-corrected chi connectivity index (χ2v) is 9.20. The first-order valence-electron chi connectivity index (χ1n) is 9.61. The van der Waals surface area contributed by atoms with Crippen molar-refractivity contribution in [1.82, 2.24) is 0 Å². The maximum Gasteiger partial charge on any atom is 0.344 e. The van der Waals surface area contributed by atoms with Crippen molar-refractivity contribution in [3.63, 3.8) is 0 Å². The Morgan fingerprint density at radius 1 is 1.08 bits per heavy atom. The lowest BCUT2D eigenvalue weighted by Crippen LogP contribution is -2.60. The Hall–Kier alpha value is -1.59. The molecule has 6 heteroatoms. The third kappa shape index (κ3) is 3.35. The average molecular weight is 366 g/mol. The molecule has 26 heavy (non-hydrogen) atoms. The van der Waals surface area contributed by atoms with E-state index in [1.54, 1.807) is 0 Å². The Bertz CT molecular complexity index is 593. The van der Waals surface area contributed by atoms with Gasteiger partial charge in [0.15, 0.2) is 6.61 Å². The van der Waals surface area contributed by atoms with Gasteiger partial charge in [-0.15, -0.1) is 0 Å². The van der Waals surface area contributed by atoms with Crippen LogP contribution in [0.4, 0.5) is 0 Å². The summed E-state index contributed by atoms with van der Waals surface area (Å²) in [7, 11) is 1.27. The summed E-state index contributed by atoms with van der Waals surface area (Å²) in [6.07, 6.45) is 5.50. The van der Waals surface area contributed by atoms with E-state index in [-0.39, 0.29) is 18.5 Å². The highest BCUT2D eigenvalue weighted by Gasteiger charge is 2.63. The molecule has 0 aromatic carbocycles. The molecule has 4 fully saturated rings. The van der Waals surface area contributed by atoms with Crippen LogP contribution in [0.3, 0.4) is 0 Å². The predicted octanol–water partition coefficient (Wildman–Crippen LogP) is 3.02. The van der Waals surface area contributed by atoms with Gasteiger partial charge in [-0.1, -0.05) is 6.92 Å². The molecule has 0 heterocycles. The van der Waals surface area contributed by atoms with Gasteiger partial charge in [0.05, 0.1) is 17.9 Å². The van der Waals surface area contributed by atoms with Crippen LogP contribution in [-0.4, -0.2) is 37.2 Å². The van der Waals surface area contributed by atoms with E-state index >= 15 is 0 Å². The number of methoxy groups -OCH3 is 1. The van der Waals surface area contributed by atoms with Crippen molar-refractivity contribution in [3.8, 4) is 0 Å². The van der Waals surface area contributed by atoms with E-state index < -0.39 is 22.4 Å². The third-order valence-electron chi connectivity index (χ3n) is 6.73. The number of rotatable bonds is 6. The molecule has 0 aromatic rings. The molecule has 4 aliphatic rings. The monoisotopic (exact) mass is 366 g/mol. The normalized spacial score (nSPS) is 35.1. The van der Waals surface area contributed by atoms with E-state index in [0.717, 1.165) is 32.1 Å². The van der Waals surface area contributed by atoms with Gasteiger partial charge < -0.3 is 14.2 Å². The van der Waals surface area contributed by atoms with Gasteiger partial charge in [-0.3, -0.25) is 9.59 Å². The number of esters is 3. The largest absolute Gasteiger partial charge is 0.466 e. The summed E-state index contributed by atoms with van der Waals surface area (Å²) in [5.74, 6) is -0.333. The van der Waals surface area contributed by atoms with E-state index in [9.17, 15) is 14.4 Å². The zero-order chi connectivity index (χ0) is 19.2. The Morgan fingerprint density at radius 3 is 2.23 bits per heavy atom. The maximum absolute atomic E-state index is 12.8. The van der Waals surface area contributed by atoms with E-state index in [1.165, 1.54) is 7.11 Å². The second-order valence-electron chi connectivity index (χ2n) is 9.20. The van der Waals surface area contributed by atoms with Crippen LogP contribution >= 0.6 is 0 Å². The van der Waals surface area contributed by atoms with Crippen LogP contribution in [0.5, 0.6) is 0 Å². The van der Waals surface area contributed by atoms with E-state index in [2.05, 4.69) is 4.74 Å². The first-order chi connectivity index (χ1) is 12.1. The molecule has 2 atom stereocenters. The molecule has 146 valence electrons. The number of hydrogen-bond donors (Lipinski definition) is 0. The lowest BCUT2D eigenvalue weighted by atomic mass is 9.48. The molecule has 0 aromatic heterocycles.